The Hall–Kier alpha value is -2.17. The summed E-state index contributed by atoms with van der Waals surface area (Å²) in [6.07, 6.45) is 5.58. The summed E-state index contributed by atoms with van der Waals surface area (Å²) in [6.45, 7) is 5.50. The van der Waals surface area contributed by atoms with E-state index in [4.69, 9.17) is 9.47 Å². The summed E-state index contributed by atoms with van der Waals surface area (Å²) < 4.78 is 11.1. The van der Waals surface area contributed by atoms with Crippen molar-refractivity contribution in [2.24, 2.45) is 0 Å². The number of aliphatic hydroxyl groups is 6. The third-order valence-electron chi connectivity index (χ3n) is 8.79. The van der Waals surface area contributed by atoms with Crippen molar-refractivity contribution in [1.82, 2.24) is 16.0 Å². The number of ether oxygens (including phenoxy) is 2. The quantitative estimate of drug-likeness (QED) is 0.0414. The third kappa shape index (κ3) is 20.3. The minimum absolute atomic E-state index is 0.0939. The van der Waals surface area contributed by atoms with Crippen molar-refractivity contribution in [1.29, 1.82) is 0 Å². The van der Waals surface area contributed by atoms with Crippen molar-refractivity contribution in [3.05, 3.63) is 12.7 Å². The largest absolute Gasteiger partial charge is 0.394 e. The lowest BCUT2D eigenvalue weighted by molar-refractivity contribution is -0.230. The number of hydrogen-bond donors (Lipinski definition) is 9. The van der Waals surface area contributed by atoms with Gasteiger partial charge in [-0.3, -0.25) is 14.4 Å². The molecule has 1 heterocycles. The Morgan fingerprint density at radius 1 is 0.816 bits per heavy atom. The number of carbonyl (C=O) groups is 3. The molecular weight excluding hydrogens is 638 g/mol. The van der Waals surface area contributed by atoms with E-state index in [1.165, 1.54) is 6.08 Å². The molecule has 1 saturated heterocycles. The van der Waals surface area contributed by atoms with Crippen LogP contribution in [0.5, 0.6) is 0 Å². The van der Waals surface area contributed by atoms with Crippen LogP contribution in [-0.2, 0) is 23.9 Å². The minimum atomic E-state index is -1.42. The maximum Gasteiger partial charge on any atom is 0.243 e. The van der Waals surface area contributed by atoms with E-state index in [2.05, 4.69) is 22.5 Å². The van der Waals surface area contributed by atoms with Gasteiger partial charge in [-0.05, 0) is 38.2 Å². The van der Waals surface area contributed by atoms with Gasteiger partial charge in [0.15, 0.2) is 6.29 Å². The lowest BCUT2D eigenvalue weighted by Crippen LogP contribution is -2.52. The molecule has 0 bridgehead atoms. The number of carbonyl (C=O) groups excluding carboxylic acids is 3. The Morgan fingerprint density at radius 2 is 1.35 bits per heavy atom. The molecule has 3 amide bonds. The Bertz CT molecular complexity index is 912. The molecule has 14 heteroatoms. The number of amides is 3. The molecule has 0 aliphatic carbocycles. The number of unbranched alkanes of at least 4 members (excludes halogenated alkanes) is 11. The number of nitrogens with one attached hydrogen (secondary N) is 3. The van der Waals surface area contributed by atoms with Crippen LogP contribution in [0.1, 0.15) is 116 Å². The van der Waals surface area contributed by atoms with E-state index in [0.717, 1.165) is 77.0 Å². The average Bonchev–Trinajstić information content (AvgIpc) is 3.19. The Balaban J connectivity index is 2.16. The zero-order valence-corrected chi connectivity index (χ0v) is 29.5. The first-order chi connectivity index (χ1) is 23.5. The van der Waals surface area contributed by atoms with Crippen LogP contribution < -0.4 is 16.0 Å². The lowest BCUT2D eigenvalue weighted by atomic mass is 10.0. The average molecular weight is 704 g/mol. The van der Waals surface area contributed by atoms with Crippen LogP contribution in [0.25, 0.3) is 0 Å². The highest BCUT2D eigenvalue weighted by Gasteiger charge is 2.39. The second-order valence-corrected chi connectivity index (χ2v) is 13.0. The Kier molecular flexibility index (Phi) is 25.2. The highest BCUT2D eigenvalue weighted by molar-refractivity contribution is 5.86. The summed E-state index contributed by atoms with van der Waals surface area (Å²) >= 11 is 0. The van der Waals surface area contributed by atoms with Gasteiger partial charge in [-0.15, -0.1) is 0 Å². The fourth-order valence-electron chi connectivity index (χ4n) is 5.62. The van der Waals surface area contributed by atoms with E-state index < -0.39 is 55.6 Å². The number of aliphatic hydroxyl groups excluding tert-OH is 6. The molecule has 49 heavy (non-hydrogen) atoms. The van der Waals surface area contributed by atoms with Gasteiger partial charge in [0.25, 0.3) is 0 Å². The third-order valence-corrected chi connectivity index (χ3v) is 8.79. The zero-order valence-electron chi connectivity index (χ0n) is 29.5. The van der Waals surface area contributed by atoms with Crippen molar-refractivity contribution in [2.45, 2.75) is 165 Å². The van der Waals surface area contributed by atoms with E-state index in [-0.39, 0.29) is 43.6 Å². The summed E-state index contributed by atoms with van der Waals surface area (Å²) in [5, 5.41) is 69.2. The first-order valence-electron chi connectivity index (χ1n) is 18.3. The van der Waals surface area contributed by atoms with Gasteiger partial charge >= 0.3 is 0 Å². The van der Waals surface area contributed by atoms with Crippen molar-refractivity contribution in [2.75, 3.05) is 26.3 Å². The maximum absolute atomic E-state index is 12.7. The molecule has 14 nitrogen and oxygen atoms in total. The molecule has 0 radical (unpaired) electrons. The predicted octanol–water partition coefficient (Wildman–Crippen LogP) is 1.08. The van der Waals surface area contributed by atoms with E-state index in [1.807, 2.05) is 0 Å². The van der Waals surface area contributed by atoms with Gasteiger partial charge in [0, 0.05) is 32.4 Å². The number of hydrogen-bond acceptors (Lipinski definition) is 11. The van der Waals surface area contributed by atoms with Gasteiger partial charge in [0.2, 0.25) is 17.7 Å². The van der Waals surface area contributed by atoms with Gasteiger partial charge < -0.3 is 56.1 Å². The summed E-state index contributed by atoms with van der Waals surface area (Å²) in [4.78, 5) is 35.7. The van der Waals surface area contributed by atoms with Gasteiger partial charge in [0.1, 0.15) is 24.4 Å². The fourth-order valence-corrected chi connectivity index (χ4v) is 5.62. The first-order valence-corrected chi connectivity index (χ1v) is 18.3. The molecule has 0 spiro atoms. The van der Waals surface area contributed by atoms with Crippen LogP contribution >= 0.6 is 0 Å². The summed E-state index contributed by atoms with van der Waals surface area (Å²) in [6, 6.07) is -1.00. The smallest absolute Gasteiger partial charge is 0.243 e. The summed E-state index contributed by atoms with van der Waals surface area (Å²) in [5.41, 5.74) is 0. The van der Waals surface area contributed by atoms with Crippen molar-refractivity contribution < 1.29 is 54.5 Å². The van der Waals surface area contributed by atoms with E-state index in [0.29, 0.717) is 25.9 Å². The predicted molar refractivity (Wildman–Crippen MR) is 184 cm³/mol. The van der Waals surface area contributed by atoms with Gasteiger partial charge in [-0.2, -0.15) is 0 Å². The topological polar surface area (TPSA) is 227 Å². The highest BCUT2D eigenvalue weighted by atomic mass is 16.7. The van der Waals surface area contributed by atoms with Crippen LogP contribution in [-0.4, -0.2) is 124 Å². The molecule has 1 aliphatic rings. The van der Waals surface area contributed by atoms with Crippen LogP contribution in [0, 0.1) is 0 Å². The van der Waals surface area contributed by atoms with Crippen molar-refractivity contribution in [3.8, 4) is 0 Å². The second kappa shape index (κ2) is 27.5. The van der Waals surface area contributed by atoms with E-state index in [9.17, 15) is 45.0 Å². The summed E-state index contributed by atoms with van der Waals surface area (Å²) in [5.74, 6) is -0.373. The minimum Gasteiger partial charge on any atom is -0.394 e. The van der Waals surface area contributed by atoms with Gasteiger partial charge in [0.05, 0.1) is 31.5 Å². The highest BCUT2D eigenvalue weighted by Crippen LogP contribution is 2.22. The molecule has 1 aliphatic heterocycles. The van der Waals surface area contributed by atoms with Crippen LogP contribution in [0.4, 0.5) is 0 Å². The van der Waals surface area contributed by atoms with Crippen LogP contribution in [0.2, 0.25) is 0 Å². The molecule has 286 valence electrons. The van der Waals surface area contributed by atoms with Crippen molar-refractivity contribution >= 4 is 17.7 Å². The van der Waals surface area contributed by atoms with E-state index in [1.54, 1.807) is 6.92 Å². The normalized spacial score (nSPS) is 22.8. The first kappa shape index (κ1) is 44.9. The lowest BCUT2D eigenvalue weighted by Gasteiger charge is -2.30. The zero-order chi connectivity index (χ0) is 36.4. The molecule has 3 unspecified atom stereocenters. The van der Waals surface area contributed by atoms with Gasteiger partial charge in [-0.25, -0.2) is 0 Å². The molecule has 0 aromatic rings. The van der Waals surface area contributed by atoms with E-state index >= 15 is 0 Å². The Morgan fingerprint density at radius 3 is 1.90 bits per heavy atom. The molecule has 0 aromatic carbocycles. The fraction of sp³-hybridized carbons (Fsp3) is 0.857. The number of rotatable bonds is 28. The molecular formula is C35H65N3O11. The Labute approximate surface area is 292 Å². The van der Waals surface area contributed by atoms with Gasteiger partial charge in [-0.1, -0.05) is 71.3 Å². The summed E-state index contributed by atoms with van der Waals surface area (Å²) in [7, 11) is 0. The molecule has 1 rings (SSSR count). The van der Waals surface area contributed by atoms with Crippen LogP contribution in [0.3, 0.4) is 0 Å². The SMILES string of the molecule is C=CC(=O)NCCCCCCC(=O)NCCCCCCCCCCCC(=O)N[C@@H](CO[C@H]1OC(CO)[C@H](O)C(O)CC1O)[C@H](O)[C@H](O)CC. The monoisotopic (exact) mass is 703 g/mol. The molecule has 8 atom stereocenters. The standard InChI is InChI=1S/C35H65N3O11/c1-3-26(40)33(46)25(24-48-35-28(42)22-27(41)34(47)29(23-39)49-35)38-32(45)19-15-10-8-6-5-7-9-12-16-21-37-31(44)18-14-11-13-17-20-36-30(43)4-2/h4,25-29,33-35,39-42,46-47H,2-3,5-24H2,1H3,(H,36,43)(H,37,44)(H,38,45)/t25-,26+,27?,28?,29?,33-,34+,35-/m0/s1. The molecule has 0 saturated carbocycles. The maximum atomic E-state index is 12.7. The molecule has 0 aromatic heterocycles. The van der Waals surface area contributed by atoms with Crippen molar-refractivity contribution in [3.63, 3.8) is 0 Å². The molecule has 1 fully saturated rings. The van der Waals surface area contributed by atoms with Crippen LogP contribution in [0.15, 0.2) is 12.7 Å². The second-order valence-electron chi connectivity index (χ2n) is 13.0. The molecule has 9 N–H and O–H groups in total.